The van der Waals surface area contributed by atoms with E-state index in [1.54, 1.807) is 18.2 Å². The highest BCUT2D eigenvalue weighted by atomic mass is 32.2. The maximum absolute atomic E-state index is 12.4. The molecular weight excluding hydrogens is 364 g/mol. The van der Waals surface area contributed by atoms with E-state index in [9.17, 15) is 8.42 Å². The van der Waals surface area contributed by atoms with E-state index in [0.29, 0.717) is 32.2 Å². The van der Waals surface area contributed by atoms with Gasteiger partial charge in [0.05, 0.1) is 23.2 Å². The molecule has 0 amide bonds. The summed E-state index contributed by atoms with van der Waals surface area (Å²) in [5.74, 6) is 0.437. The van der Waals surface area contributed by atoms with Crippen molar-refractivity contribution in [2.45, 2.75) is 63.9 Å². The van der Waals surface area contributed by atoms with E-state index in [-0.39, 0.29) is 10.9 Å². The van der Waals surface area contributed by atoms with Crippen molar-refractivity contribution < 1.29 is 17.9 Å². The Morgan fingerprint density at radius 3 is 2.74 bits per heavy atom. The minimum absolute atomic E-state index is 0.173. The average Bonchev–Trinajstić information content (AvgIpc) is 3.01. The van der Waals surface area contributed by atoms with Crippen molar-refractivity contribution in [3.05, 3.63) is 29.6 Å². The number of sulfonamides is 1. The third-order valence-electron chi connectivity index (χ3n) is 5.93. The van der Waals surface area contributed by atoms with Crippen LogP contribution < -0.4 is 0 Å². The van der Waals surface area contributed by atoms with Crippen molar-refractivity contribution >= 4 is 10.0 Å². The lowest BCUT2D eigenvalue weighted by Gasteiger charge is -2.42. The van der Waals surface area contributed by atoms with Crippen molar-refractivity contribution in [3.8, 4) is 0 Å². The fraction of sp³-hybridized carbons (Fsp3) is 0.750. The number of aromatic nitrogens is 1. The van der Waals surface area contributed by atoms with Crippen LogP contribution in [0.3, 0.4) is 0 Å². The molecule has 0 bridgehead atoms. The molecule has 2 aliphatic rings. The lowest BCUT2D eigenvalue weighted by atomic mass is 9.78. The Kier molecular flexibility index (Phi) is 6.56. The van der Waals surface area contributed by atoms with Gasteiger partial charge >= 0.3 is 0 Å². The zero-order chi connectivity index (χ0) is 19.5. The van der Waals surface area contributed by atoms with Crippen LogP contribution in [0.25, 0.3) is 0 Å². The molecular formula is C20H32N2O4S. The fourth-order valence-electron chi connectivity index (χ4n) is 4.24. The monoisotopic (exact) mass is 396 g/mol. The molecule has 1 spiro atoms. The molecule has 152 valence electrons. The predicted molar refractivity (Wildman–Crippen MR) is 105 cm³/mol. The topological polar surface area (TPSA) is 68.7 Å². The number of aryl methyl sites for hydroxylation is 1. The number of rotatable bonds is 7. The van der Waals surface area contributed by atoms with Crippen molar-refractivity contribution in [2.24, 2.45) is 5.92 Å². The minimum atomic E-state index is -3.17. The van der Waals surface area contributed by atoms with Gasteiger partial charge in [-0.25, -0.2) is 12.7 Å². The SMILES string of the molecule is Cc1cccc(COCC[C@H]2CCOC23CCN(S(=O)(=O)C(C)C)CC3)n1. The number of ether oxygens (including phenoxy) is 2. The lowest BCUT2D eigenvalue weighted by molar-refractivity contribution is -0.0619. The quantitative estimate of drug-likeness (QED) is 0.663. The van der Waals surface area contributed by atoms with Gasteiger partial charge in [-0.1, -0.05) is 6.07 Å². The van der Waals surface area contributed by atoms with Gasteiger partial charge in [0.1, 0.15) is 0 Å². The Morgan fingerprint density at radius 2 is 2.07 bits per heavy atom. The number of hydrogen-bond acceptors (Lipinski definition) is 5. The van der Waals surface area contributed by atoms with Crippen LogP contribution >= 0.6 is 0 Å². The largest absolute Gasteiger partial charge is 0.375 e. The summed E-state index contributed by atoms with van der Waals surface area (Å²) >= 11 is 0. The predicted octanol–water partition coefficient (Wildman–Crippen LogP) is 2.91. The van der Waals surface area contributed by atoms with E-state index < -0.39 is 10.0 Å². The normalized spacial score (nSPS) is 23.3. The van der Waals surface area contributed by atoms with Gasteiger partial charge in [-0.3, -0.25) is 4.98 Å². The summed E-state index contributed by atoms with van der Waals surface area (Å²) in [6, 6.07) is 5.97. The molecule has 3 rings (SSSR count). The van der Waals surface area contributed by atoms with Crippen LogP contribution in [0.15, 0.2) is 18.2 Å². The molecule has 0 saturated carbocycles. The van der Waals surface area contributed by atoms with E-state index in [2.05, 4.69) is 4.98 Å². The number of piperidine rings is 1. The van der Waals surface area contributed by atoms with E-state index in [4.69, 9.17) is 9.47 Å². The van der Waals surface area contributed by atoms with Crippen LogP contribution in [0.4, 0.5) is 0 Å². The highest BCUT2D eigenvalue weighted by Gasteiger charge is 2.47. The number of hydrogen-bond donors (Lipinski definition) is 0. The summed E-state index contributed by atoms with van der Waals surface area (Å²) in [6.45, 7) is 8.57. The van der Waals surface area contributed by atoms with Gasteiger partial charge in [0.25, 0.3) is 0 Å². The van der Waals surface area contributed by atoms with Gasteiger partial charge in [0.15, 0.2) is 0 Å². The third kappa shape index (κ3) is 4.70. The number of nitrogens with zero attached hydrogens (tertiary/aromatic N) is 2. The first-order valence-corrected chi connectivity index (χ1v) is 11.5. The molecule has 2 saturated heterocycles. The zero-order valence-corrected chi connectivity index (χ0v) is 17.5. The molecule has 1 aromatic heterocycles. The van der Waals surface area contributed by atoms with Crippen LogP contribution in [-0.4, -0.2) is 54.9 Å². The molecule has 3 heterocycles. The maximum Gasteiger partial charge on any atom is 0.216 e. The first-order chi connectivity index (χ1) is 12.8. The summed E-state index contributed by atoms with van der Waals surface area (Å²) in [4.78, 5) is 4.46. The first kappa shape index (κ1) is 20.7. The lowest BCUT2D eigenvalue weighted by Crippen LogP contribution is -2.50. The summed E-state index contributed by atoms with van der Waals surface area (Å²) in [5, 5.41) is -0.365. The minimum Gasteiger partial charge on any atom is -0.375 e. The molecule has 1 aromatic rings. The second-order valence-electron chi connectivity index (χ2n) is 8.00. The summed E-state index contributed by atoms with van der Waals surface area (Å²) in [6.07, 6.45) is 3.54. The van der Waals surface area contributed by atoms with Crippen molar-refractivity contribution in [3.63, 3.8) is 0 Å². The van der Waals surface area contributed by atoms with Gasteiger partial charge < -0.3 is 9.47 Å². The molecule has 1 atom stereocenters. The van der Waals surface area contributed by atoms with E-state index in [1.165, 1.54) is 0 Å². The van der Waals surface area contributed by atoms with Crippen LogP contribution in [-0.2, 0) is 26.1 Å². The van der Waals surface area contributed by atoms with Crippen LogP contribution in [0, 0.1) is 12.8 Å². The van der Waals surface area contributed by atoms with E-state index in [0.717, 1.165) is 43.7 Å². The van der Waals surface area contributed by atoms with Crippen molar-refractivity contribution in [1.29, 1.82) is 0 Å². The Labute approximate surface area is 163 Å². The third-order valence-corrected chi connectivity index (χ3v) is 8.21. The summed E-state index contributed by atoms with van der Waals surface area (Å²) in [7, 11) is -3.17. The van der Waals surface area contributed by atoms with Gasteiger partial charge in [-0.15, -0.1) is 0 Å². The maximum atomic E-state index is 12.4. The first-order valence-electron chi connectivity index (χ1n) is 9.97. The molecule has 0 N–H and O–H groups in total. The van der Waals surface area contributed by atoms with Gasteiger partial charge in [0.2, 0.25) is 10.0 Å². The van der Waals surface area contributed by atoms with Crippen LogP contribution in [0.5, 0.6) is 0 Å². The zero-order valence-electron chi connectivity index (χ0n) is 16.7. The van der Waals surface area contributed by atoms with Crippen molar-refractivity contribution in [1.82, 2.24) is 9.29 Å². The summed E-state index contributed by atoms with van der Waals surface area (Å²) < 4.78 is 38.4. The molecule has 2 fully saturated rings. The van der Waals surface area contributed by atoms with E-state index >= 15 is 0 Å². The number of pyridine rings is 1. The van der Waals surface area contributed by atoms with Gasteiger partial charge in [-0.05, 0) is 64.5 Å². The smallest absolute Gasteiger partial charge is 0.216 e. The standard InChI is InChI=1S/C20H32N2O4S/c1-16(2)27(23,24)22-11-9-20(10-12-22)18(8-14-26-20)7-13-25-15-19-6-4-5-17(3)21-19/h4-6,16,18H,7-15H2,1-3H3/t18-/m0/s1. The second-order valence-corrected chi connectivity index (χ2v) is 10.5. The molecule has 0 unspecified atom stereocenters. The molecule has 27 heavy (non-hydrogen) atoms. The molecule has 0 radical (unpaired) electrons. The van der Waals surface area contributed by atoms with Crippen LogP contribution in [0.1, 0.15) is 50.9 Å². The molecule has 0 aliphatic carbocycles. The molecule has 6 nitrogen and oxygen atoms in total. The van der Waals surface area contributed by atoms with Crippen molar-refractivity contribution in [2.75, 3.05) is 26.3 Å². The Hall–Kier alpha value is -1.02. The second kappa shape index (κ2) is 8.55. The summed E-state index contributed by atoms with van der Waals surface area (Å²) in [5.41, 5.74) is 1.79. The van der Waals surface area contributed by atoms with Gasteiger partial charge in [-0.2, -0.15) is 0 Å². The Morgan fingerprint density at radius 1 is 1.33 bits per heavy atom. The molecule has 0 aromatic carbocycles. The molecule has 7 heteroatoms. The molecule has 2 aliphatic heterocycles. The van der Waals surface area contributed by atoms with E-state index in [1.807, 2.05) is 25.1 Å². The van der Waals surface area contributed by atoms with Gasteiger partial charge in [0, 0.05) is 32.0 Å². The highest BCUT2D eigenvalue weighted by molar-refractivity contribution is 7.89. The Balaban J connectivity index is 1.49. The fourth-order valence-corrected chi connectivity index (χ4v) is 5.53. The highest BCUT2D eigenvalue weighted by Crippen LogP contribution is 2.43. The Bertz CT molecular complexity index is 727. The van der Waals surface area contributed by atoms with Crippen LogP contribution in [0.2, 0.25) is 0 Å². The average molecular weight is 397 g/mol.